The third-order valence-corrected chi connectivity index (χ3v) is 5.31. The third-order valence-electron chi connectivity index (χ3n) is 3.63. The van der Waals surface area contributed by atoms with Crippen molar-refractivity contribution in [2.24, 2.45) is 0 Å². The highest BCUT2D eigenvalue weighted by Gasteiger charge is 2.31. The molecule has 8 heteroatoms. The maximum Gasteiger partial charge on any atom is 0.416 e. The number of imidazole rings is 1. The van der Waals surface area contributed by atoms with E-state index in [9.17, 15) is 21.6 Å². The van der Waals surface area contributed by atoms with Crippen molar-refractivity contribution in [2.45, 2.75) is 18.0 Å². The van der Waals surface area contributed by atoms with Gasteiger partial charge < -0.3 is 0 Å². The molecule has 0 atom stereocenters. The normalized spacial score (nSPS) is 12.3. The molecule has 3 aromatic rings. The molecule has 0 aliphatic heterocycles. The fourth-order valence-electron chi connectivity index (χ4n) is 2.35. The molecule has 0 saturated heterocycles. The second kappa shape index (κ2) is 6.03. The van der Waals surface area contributed by atoms with Crippen LogP contribution in [-0.2, 0) is 16.2 Å². The molecule has 0 fully saturated rings. The van der Waals surface area contributed by atoms with Crippen molar-refractivity contribution in [1.29, 1.82) is 0 Å². The summed E-state index contributed by atoms with van der Waals surface area (Å²) >= 11 is 0. The lowest BCUT2D eigenvalue weighted by molar-refractivity contribution is -0.137. The smallest absolute Gasteiger partial charge is 0.236 e. The minimum Gasteiger partial charge on any atom is -0.236 e. The maximum absolute atomic E-state index is 12.9. The Hall–Kier alpha value is -2.61. The predicted molar refractivity (Wildman–Crippen MR) is 86.4 cm³/mol. The summed E-state index contributed by atoms with van der Waals surface area (Å²) in [6.45, 7) is 1.82. The van der Waals surface area contributed by atoms with Crippen molar-refractivity contribution < 1.29 is 21.6 Å². The number of aryl methyl sites for hydroxylation is 1. The molecule has 0 radical (unpaired) electrons. The van der Waals surface area contributed by atoms with Crippen LogP contribution in [0.3, 0.4) is 0 Å². The fourth-order valence-corrected chi connectivity index (χ4v) is 3.65. The fraction of sp³-hybridized carbons (Fsp3) is 0.118. The highest BCUT2D eigenvalue weighted by Crippen LogP contribution is 2.32. The van der Waals surface area contributed by atoms with E-state index in [0.29, 0.717) is 0 Å². The second-order valence-corrected chi connectivity index (χ2v) is 7.26. The lowest BCUT2D eigenvalue weighted by Crippen LogP contribution is -2.14. The second-order valence-electron chi connectivity index (χ2n) is 5.44. The van der Waals surface area contributed by atoms with Gasteiger partial charge in [-0.2, -0.15) is 13.2 Å². The van der Waals surface area contributed by atoms with E-state index in [1.165, 1.54) is 36.7 Å². The lowest BCUT2D eigenvalue weighted by Gasteiger charge is -2.11. The van der Waals surface area contributed by atoms with E-state index in [-0.39, 0.29) is 16.3 Å². The van der Waals surface area contributed by atoms with Crippen LogP contribution in [0, 0.1) is 6.92 Å². The Morgan fingerprint density at radius 3 is 2.36 bits per heavy atom. The van der Waals surface area contributed by atoms with Crippen LogP contribution in [0.5, 0.6) is 0 Å². The first-order chi connectivity index (χ1) is 11.7. The van der Waals surface area contributed by atoms with E-state index in [4.69, 9.17) is 0 Å². The number of aromatic nitrogens is 2. The van der Waals surface area contributed by atoms with Crippen LogP contribution in [-0.4, -0.2) is 17.4 Å². The summed E-state index contributed by atoms with van der Waals surface area (Å²) in [5.74, 6) is -0.0772. The maximum atomic E-state index is 12.9. The van der Waals surface area contributed by atoms with Crippen LogP contribution in [0.4, 0.5) is 13.2 Å². The van der Waals surface area contributed by atoms with Crippen molar-refractivity contribution in [2.75, 3.05) is 0 Å². The molecule has 0 saturated carbocycles. The van der Waals surface area contributed by atoms with Gasteiger partial charge in [-0.05, 0) is 31.2 Å². The molecule has 0 bridgehead atoms. The van der Waals surface area contributed by atoms with Crippen molar-refractivity contribution >= 4 is 10.0 Å². The average Bonchev–Trinajstić information content (AvgIpc) is 3.05. The van der Waals surface area contributed by atoms with Gasteiger partial charge in [0.15, 0.2) is 5.82 Å². The molecule has 0 N–H and O–H groups in total. The van der Waals surface area contributed by atoms with E-state index in [0.717, 1.165) is 21.7 Å². The molecule has 1 aromatic heterocycles. The summed E-state index contributed by atoms with van der Waals surface area (Å²) in [6.07, 6.45) is -2.07. The van der Waals surface area contributed by atoms with E-state index in [2.05, 4.69) is 4.98 Å². The first kappa shape index (κ1) is 17.2. The van der Waals surface area contributed by atoms with Crippen LogP contribution in [0.15, 0.2) is 65.8 Å². The van der Waals surface area contributed by atoms with Gasteiger partial charge in [-0.1, -0.05) is 29.8 Å². The highest BCUT2D eigenvalue weighted by atomic mass is 32.2. The number of halogens is 3. The van der Waals surface area contributed by atoms with Crippen molar-refractivity contribution in [1.82, 2.24) is 8.96 Å². The Kier molecular flexibility index (Phi) is 4.16. The number of hydrogen-bond acceptors (Lipinski definition) is 3. The van der Waals surface area contributed by atoms with Crippen molar-refractivity contribution in [3.63, 3.8) is 0 Å². The Bertz CT molecular complexity index is 1010. The molecular formula is C17H13F3N2O2S. The van der Waals surface area contributed by atoms with Crippen molar-refractivity contribution in [3.8, 4) is 11.4 Å². The van der Waals surface area contributed by atoms with Gasteiger partial charge in [0.1, 0.15) is 0 Å². The van der Waals surface area contributed by atoms with E-state index in [1.807, 2.05) is 6.92 Å². The lowest BCUT2D eigenvalue weighted by atomic mass is 10.1. The van der Waals surface area contributed by atoms with Crippen molar-refractivity contribution in [3.05, 3.63) is 72.1 Å². The Morgan fingerprint density at radius 2 is 1.72 bits per heavy atom. The topological polar surface area (TPSA) is 52.0 Å². The zero-order valence-electron chi connectivity index (χ0n) is 13.0. The van der Waals surface area contributed by atoms with Gasteiger partial charge in [-0.3, -0.25) is 0 Å². The van der Waals surface area contributed by atoms with Gasteiger partial charge in [-0.25, -0.2) is 17.4 Å². The molecule has 3 rings (SSSR count). The molecule has 25 heavy (non-hydrogen) atoms. The summed E-state index contributed by atoms with van der Waals surface area (Å²) in [6, 6.07) is 10.6. The first-order valence-electron chi connectivity index (χ1n) is 7.23. The summed E-state index contributed by atoms with van der Waals surface area (Å²) < 4.78 is 65.2. The minimum absolute atomic E-state index is 0.0318. The Morgan fingerprint density at radius 1 is 1.04 bits per heavy atom. The SMILES string of the molecule is Cc1ccc(S(=O)(=O)n2ccnc2-c2cccc(C(F)(F)F)c2)cc1. The van der Waals surface area contributed by atoms with Gasteiger partial charge in [0.2, 0.25) is 0 Å². The Labute approximate surface area is 142 Å². The largest absolute Gasteiger partial charge is 0.416 e. The van der Waals surface area contributed by atoms with Crippen LogP contribution in [0.2, 0.25) is 0 Å². The number of rotatable bonds is 3. The summed E-state index contributed by atoms with van der Waals surface area (Å²) in [5.41, 5.74) is 0.0884. The summed E-state index contributed by atoms with van der Waals surface area (Å²) in [4.78, 5) is 3.97. The van der Waals surface area contributed by atoms with Gasteiger partial charge in [-0.15, -0.1) is 0 Å². The predicted octanol–water partition coefficient (Wildman–Crippen LogP) is 4.11. The molecule has 0 aliphatic carbocycles. The standard InChI is InChI=1S/C17H13F3N2O2S/c1-12-5-7-15(8-6-12)25(23,24)22-10-9-21-16(22)13-3-2-4-14(11-13)17(18,19)20/h2-11H,1H3. The monoisotopic (exact) mass is 366 g/mol. The summed E-state index contributed by atoms with van der Waals surface area (Å²) in [5, 5.41) is 0. The van der Waals surface area contributed by atoms with Gasteiger partial charge in [0, 0.05) is 18.0 Å². The van der Waals surface area contributed by atoms with E-state index >= 15 is 0 Å². The van der Waals surface area contributed by atoms with E-state index in [1.54, 1.807) is 12.1 Å². The molecule has 130 valence electrons. The third kappa shape index (κ3) is 3.30. The van der Waals surface area contributed by atoms with Crippen LogP contribution < -0.4 is 0 Å². The zero-order valence-corrected chi connectivity index (χ0v) is 13.8. The molecular weight excluding hydrogens is 353 g/mol. The number of nitrogens with zero attached hydrogens (tertiary/aromatic N) is 2. The average molecular weight is 366 g/mol. The highest BCUT2D eigenvalue weighted by molar-refractivity contribution is 7.90. The molecule has 2 aromatic carbocycles. The first-order valence-corrected chi connectivity index (χ1v) is 8.67. The van der Waals surface area contributed by atoms with Gasteiger partial charge in [0.05, 0.1) is 10.5 Å². The quantitative estimate of drug-likeness (QED) is 0.701. The number of alkyl halides is 3. The molecule has 0 spiro atoms. The summed E-state index contributed by atoms with van der Waals surface area (Å²) in [7, 11) is -3.97. The van der Waals surface area contributed by atoms with Gasteiger partial charge >= 0.3 is 6.18 Å². The molecule has 0 aliphatic rings. The molecule has 1 heterocycles. The molecule has 0 unspecified atom stereocenters. The number of hydrogen-bond donors (Lipinski definition) is 0. The minimum atomic E-state index is -4.52. The van der Waals surface area contributed by atoms with Crippen LogP contribution in [0.25, 0.3) is 11.4 Å². The van der Waals surface area contributed by atoms with Crippen LogP contribution in [0.1, 0.15) is 11.1 Å². The Balaban J connectivity index is 2.11. The number of benzene rings is 2. The zero-order chi connectivity index (χ0) is 18.2. The molecule has 4 nitrogen and oxygen atoms in total. The van der Waals surface area contributed by atoms with Gasteiger partial charge in [0.25, 0.3) is 10.0 Å². The molecule has 0 amide bonds. The van der Waals surface area contributed by atoms with E-state index < -0.39 is 21.8 Å². The van der Waals surface area contributed by atoms with Crippen LogP contribution >= 0.6 is 0 Å².